The van der Waals surface area contributed by atoms with Gasteiger partial charge in [-0.15, -0.1) is 0 Å². The minimum Gasteiger partial charge on any atom is -0.299 e. The Morgan fingerprint density at radius 3 is 2.71 bits per heavy atom. The van der Waals surface area contributed by atoms with Crippen LogP contribution in [0.25, 0.3) is 10.9 Å². The van der Waals surface area contributed by atoms with Gasteiger partial charge in [-0.2, -0.15) is 0 Å². The third-order valence-corrected chi connectivity index (χ3v) is 3.34. The van der Waals surface area contributed by atoms with Gasteiger partial charge in [-0.05, 0) is 18.6 Å². The summed E-state index contributed by atoms with van der Waals surface area (Å²) in [6.45, 7) is 2.76. The maximum absolute atomic E-state index is 12.1. The fourth-order valence-corrected chi connectivity index (χ4v) is 1.96. The van der Waals surface area contributed by atoms with Gasteiger partial charge in [-0.1, -0.05) is 36.5 Å². The van der Waals surface area contributed by atoms with Crippen LogP contribution in [0.4, 0.5) is 0 Å². The van der Waals surface area contributed by atoms with E-state index in [4.69, 9.17) is 23.2 Å². The molecule has 1 aromatic carbocycles. The normalized spacial score (nSPS) is 11.0. The number of benzene rings is 1. The van der Waals surface area contributed by atoms with Crippen molar-refractivity contribution in [3.05, 3.63) is 38.9 Å². The molecule has 0 aliphatic carbocycles. The second kappa shape index (κ2) is 5.07. The zero-order chi connectivity index (χ0) is 12.4. The summed E-state index contributed by atoms with van der Waals surface area (Å²) in [6.07, 6.45) is 3.55. The van der Waals surface area contributed by atoms with Crippen LogP contribution < -0.4 is 5.56 Å². The lowest BCUT2D eigenvalue weighted by molar-refractivity contribution is 0.608. The topological polar surface area (TPSA) is 34.9 Å². The van der Waals surface area contributed by atoms with Gasteiger partial charge < -0.3 is 0 Å². The Hall–Kier alpha value is -1.06. The fraction of sp³-hybridized carbons (Fsp3) is 0.333. The van der Waals surface area contributed by atoms with Gasteiger partial charge in [0.2, 0.25) is 0 Å². The maximum Gasteiger partial charge on any atom is 0.261 e. The van der Waals surface area contributed by atoms with Crippen molar-refractivity contribution in [1.29, 1.82) is 0 Å². The summed E-state index contributed by atoms with van der Waals surface area (Å²) in [7, 11) is 0. The highest BCUT2D eigenvalue weighted by Crippen LogP contribution is 2.24. The van der Waals surface area contributed by atoms with Crippen LogP contribution in [-0.2, 0) is 6.54 Å². The summed E-state index contributed by atoms with van der Waals surface area (Å²) < 4.78 is 1.61. The summed E-state index contributed by atoms with van der Waals surface area (Å²) in [5, 5.41) is 1.31. The van der Waals surface area contributed by atoms with Crippen molar-refractivity contribution in [2.45, 2.75) is 26.3 Å². The van der Waals surface area contributed by atoms with Crippen molar-refractivity contribution >= 4 is 34.1 Å². The lowest BCUT2D eigenvalue weighted by Gasteiger charge is -2.06. The molecule has 0 bridgehead atoms. The second-order valence-electron chi connectivity index (χ2n) is 3.88. The first kappa shape index (κ1) is 12.4. The molecular formula is C12H12Cl2N2O. The zero-order valence-electron chi connectivity index (χ0n) is 9.41. The Balaban J connectivity index is 2.59. The molecule has 0 atom stereocenters. The number of halogens is 2. The molecule has 0 N–H and O–H groups in total. The lowest BCUT2D eigenvalue weighted by Crippen LogP contribution is -2.20. The van der Waals surface area contributed by atoms with Crippen molar-refractivity contribution in [2.24, 2.45) is 0 Å². The van der Waals surface area contributed by atoms with E-state index in [1.54, 1.807) is 23.0 Å². The van der Waals surface area contributed by atoms with Crippen LogP contribution in [0.2, 0.25) is 10.0 Å². The maximum atomic E-state index is 12.1. The van der Waals surface area contributed by atoms with Crippen molar-refractivity contribution in [1.82, 2.24) is 9.55 Å². The third-order valence-electron chi connectivity index (χ3n) is 2.62. The molecule has 17 heavy (non-hydrogen) atoms. The van der Waals surface area contributed by atoms with Crippen molar-refractivity contribution in [3.63, 3.8) is 0 Å². The van der Waals surface area contributed by atoms with E-state index in [0.717, 1.165) is 12.8 Å². The van der Waals surface area contributed by atoms with Crippen LogP contribution in [0, 0.1) is 0 Å². The van der Waals surface area contributed by atoms with Crippen LogP contribution in [0.1, 0.15) is 19.8 Å². The van der Waals surface area contributed by atoms with Crippen molar-refractivity contribution < 1.29 is 0 Å². The number of aryl methyl sites for hydroxylation is 1. The molecule has 0 radical (unpaired) electrons. The summed E-state index contributed by atoms with van der Waals surface area (Å²) in [4.78, 5) is 16.3. The van der Waals surface area contributed by atoms with Crippen LogP contribution in [-0.4, -0.2) is 9.55 Å². The SMILES string of the molecule is CCCCn1cnc2cc(Cl)c(Cl)cc2c1=O. The molecule has 0 amide bonds. The van der Waals surface area contributed by atoms with E-state index in [9.17, 15) is 4.79 Å². The Morgan fingerprint density at radius 1 is 1.29 bits per heavy atom. The van der Waals surface area contributed by atoms with Crippen LogP contribution in [0.3, 0.4) is 0 Å². The molecule has 0 spiro atoms. The minimum atomic E-state index is -0.0676. The predicted molar refractivity (Wildman–Crippen MR) is 70.9 cm³/mol. The Kier molecular flexibility index (Phi) is 3.69. The predicted octanol–water partition coefficient (Wildman–Crippen LogP) is 3.50. The first-order valence-corrected chi connectivity index (χ1v) is 6.23. The number of hydrogen-bond acceptors (Lipinski definition) is 2. The number of fused-ring (bicyclic) bond motifs is 1. The molecule has 0 aliphatic rings. The van der Waals surface area contributed by atoms with E-state index in [-0.39, 0.29) is 5.56 Å². The average Bonchev–Trinajstić information content (AvgIpc) is 2.31. The minimum absolute atomic E-state index is 0.0676. The number of unbranched alkanes of at least 4 members (excludes halogenated alkanes) is 1. The van der Waals surface area contributed by atoms with E-state index in [0.29, 0.717) is 27.5 Å². The fourth-order valence-electron chi connectivity index (χ4n) is 1.64. The summed E-state index contributed by atoms with van der Waals surface area (Å²) >= 11 is 11.8. The number of aromatic nitrogens is 2. The Morgan fingerprint density at radius 2 is 2.00 bits per heavy atom. The molecule has 5 heteroatoms. The van der Waals surface area contributed by atoms with E-state index < -0.39 is 0 Å². The molecule has 0 saturated carbocycles. The average molecular weight is 271 g/mol. The van der Waals surface area contributed by atoms with Gasteiger partial charge in [0.05, 0.1) is 27.3 Å². The Bertz CT molecular complexity index is 607. The number of hydrogen-bond donors (Lipinski definition) is 0. The van der Waals surface area contributed by atoms with E-state index in [2.05, 4.69) is 11.9 Å². The van der Waals surface area contributed by atoms with Gasteiger partial charge >= 0.3 is 0 Å². The van der Waals surface area contributed by atoms with Gasteiger partial charge in [0.25, 0.3) is 5.56 Å². The van der Waals surface area contributed by atoms with Gasteiger partial charge in [0, 0.05) is 6.54 Å². The molecule has 90 valence electrons. The molecule has 3 nitrogen and oxygen atoms in total. The van der Waals surface area contributed by atoms with E-state index >= 15 is 0 Å². The standard InChI is InChI=1S/C12H12Cl2N2O/c1-2-3-4-16-7-15-11-6-10(14)9(13)5-8(11)12(16)17/h5-7H,2-4H2,1H3. The molecule has 2 rings (SSSR count). The number of nitrogens with zero attached hydrogens (tertiary/aromatic N) is 2. The summed E-state index contributed by atoms with van der Waals surface area (Å²) in [5.74, 6) is 0. The van der Waals surface area contributed by atoms with Crippen molar-refractivity contribution in [3.8, 4) is 0 Å². The van der Waals surface area contributed by atoms with Crippen LogP contribution in [0.15, 0.2) is 23.3 Å². The third kappa shape index (κ3) is 2.45. The highest BCUT2D eigenvalue weighted by Gasteiger charge is 2.07. The Labute approximate surface area is 109 Å². The second-order valence-corrected chi connectivity index (χ2v) is 4.69. The molecule has 2 aromatic rings. The molecule has 1 heterocycles. The summed E-state index contributed by atoms with van der Waals surface area (Å²) in [5.41, 5.74) is 0.513. The smallest absolute Gasteiger partial charge is 0.261 e. The molecule has 0 aliphatic heterocycles. The van der Waals surface area contributed by atoms with E-state index in [1.165, 1.54) is 0 Å². The van der Waals surface area contributed by atoms with Crippen LogP contribution >= 0.6 is 23.2 Å². The lowest BCUT2D eigenvalue weighted by atomic mass is 10.2. The van der Waals surface area contributed by atoms with Gasteiger partial charge in [-0.3, -0.25) is 9.36 Å². The van der Waals surface area contributed by atoms with Gasteiger partial charge in [0.15, 0.2) is 0 Å². The zero-order valence-corrected chi connectivity index (χ0v) is 10.9. The summed E-state index contributed by atoms with van der Waals surface area (Å²) in [6, 6.07) is 3.20. The molecule has 0 fully saturated rings. The first-order chi connectivity index (χ1) is 8.13. The van der Waals surface area contributed by atoms with E-state index in [1.807, 2.05) is 0 Å². The van der Waals surface area contributed by atoms with Gasteiger partial charge in [0.1, 0.15) is 0 Å². The quantitative estimate of drug-likeness (QED) is 0.856. The molecule has 0 saturated heterocycles. The first-order valence-electron chi connectivity index (χ1n) is 5.47. The number of rotatable bonds is 3. The van der Waals surface area contributed by atoms with Gasteiger partial charge in [-0.25, -0.2) is 4.98 Å². The largest absolute Gasteiger partial charge is 0.299 e. The molecule has 1 aromatic heterocycles. The van der Waals surface area contributed by atoms with Crippen molar-refractivity contribution in [2.75, 3.05) is 0 Å². The molecular weight excluding hydrogens is 259 g/mol. The molecule has 0 unspecified atom stereocenters. The highest BCUT2D eigenvalue weighted by atomic mass is 35.5. The highest BCUT2D eigenvalue weighted by molar-refractivity contribution is 6.42. The van der Waals surface area contributed by atoms with Crippen LogP contribution in [0.5, 0.6) is 0 Å². The monoisotopic (exact) mass is 270 g/mol.